The zero-order chi connectivity index (χ0) is 12.4. The molecular formula is C10H11BrFN3O2. The Kier molecular flexibility index (Phi) is 3.46. The SMILES string of the molecule is O=C(O)N1CCN(c2ncc(Br)cc2F)CC1. The number of carbonyl (C=O) groups is 1. The molecule has 0 radical (unpaired) electrons. The van der Waals surface area contributed by atoms with Crippen LogP contribution in [0, 0.1) is 5.82 Å². The molecular weight excluding hydrogens is 293 g/mol. The molecule has 1 fully saturated rings. The van der Waals surface area contributed by atoms with Crippen molar-refractivity contribution in [3.8, 4) is 0 Å². The van der Waals surface area contributed by atoms with E-state index in [-0.39, 0.29) is 5.82 Å². The van der Waals surface area contributed by atoms with Crippen molar-refractivity contribution >= 4 is 27.8 Å². The second kappa shape index (κ2) is 4.87. The normalized spacial score (nSPS) is 16.1. The summed E-state index contributed by atoms with van der Waals surface area (Å²) < 4.78 is 14.2. The van der Waals surface area contributed by atoms with Crippen LogP contribution >= 0.6 is 15.9 Å². The van der Waals surface area contributed by atoms with Gasteiger partial charge in [0.25, 0.3) is 0 Å². The van der Waals surface area contributed by atoms with Crippen LogP contribution in [0.2, 0.25) is 0 Å². The van der Waals surface area contributed by atoms with Gasteiger partial charge in [0.15, 0.2) is 11.6 Å². The van der Waals surface area contributed by atoms with E-state index in [1.807, 2.05) is 0 Å². The molecule has 1 saturated heterocycles. The van der Waals surface area contributed by atoms with E-state index in [2.05, 4.69) is 20.9 Å². The molecule has 2 rings (SSSR count). The highest BCUT2D eigenvalue weighted by Gasteiger charge is 2.22. The standard InChI is InChI=1S/C10H11BrFN3O2/c11-7-5-8(12)9(13-6-7)14-1-3-15(4-2-14)10(16)17/h5-6H,1-4H2,(H,16,17). The van der Waals surface area contributed by atoms with Crippen LogP contribution in [-0.2, 0) is 0 Å². The zero-order valence-corrected chi connectivity index (χ0v) is 10.5. The first-order chi connectivity index (χ1) is 8.08. The van der Waals surface area contributed by atoms with Gasteiger partial charge in [-0.15, -0.1) is 0 Å². The molecule has 92 valence electrons. The third-order valence-electron chi connectivity index (χ3n) is 2.64. The number of hydrogen-bond donors (Lipinski definition) is 1. The number of pyridine rings is 1. The monoisotopic (exact) mass is 303 g/mol. The minimum Gasteiger partial charge on any atom is -0.465 e. The fraction of sp³-hybridized carbons (Fsp3) is 0.400. The number of amides is 1. The van der Waals surface area contributed by atoms with Crippen molar-refractivity contribution in [3.63, 3.8) is 0 Å². The topological polar surface area (TPSA) is 56.7 Å². The predicted molar refractivity (Wildman–Crippen MR) is 63.7 cm³/mol. The van der Waals surface area contributed by atoms with Crippen molar-refractivity contribution in [1.82, 2.24) is 9.88 Å². The largest absolute Gasteiger partial charge is 0.465 e. The van der Waals surface area contributed by atoms with Gasteiger partial charge in [-0.25, -0.2) is 14.2 Å². The van der Waals surface area contributed by atoms with Crippen molar-refractivity contribution < 1.29 is 14.3 Å². The molecule has 0 spiro atoms. The second-order valence-corrected chi connectivity index (χ2v) is 4.63. The molecule has 17 heavy (non-hydrogen) atoms. The van der Waals surface area contributed by atoms with E-state index in [9.17, 15) is 9.18 Å². The van der Waals surface area contributed by atoms with Crippen LogP contribution in [0.1, 0.15) is 0 Å². The summed E-state index contributed by atoms with van der Waals surface area (Å²) >= 11 is 3.14. The lowest BCUT2D eigenvalue weighted by Crippen LogP contribution is -2.48. The van der Waals surface area contributed by atoms with Gasteiger partial charge >= 0.3 is 6.09 Å². The summed E-state index contributed by atoms with van der Waals surface area (Å²) in [5.41, 5.74) is 0. The van der Waals surface area contributed by atoms with Crippen LogP contribution in [0.25, 0.3) is 0 Å². The average Bonchev–Trinajstić information content (AvgIpc) is 2.29. The first-order valence-corrected chi connectivity index (χ1v) is 5.91. The minimum absolute atomic E-state index is 0.276. The molecule has 1 aromatic rings. The van der Waals surface area contributed by atoms with E-state index in [4.69, 9.17) is 5.11 Å². The molecule has 0 unspecified atom stereocenters. The Labute approximate surface area is 106 Å². The highest BCUT2D eigenvalue weighted by Crippen LogP contribution is 2.21. The fourth-order valence-corrected chi connectivity index (χ4v) is 2.05. The van der Waals surface area contributed by atoms with Crippen LogP contribution in [-0.4, -0.2) is 47.3 Å². The average molecular weight is 304 g/mol. The van der Waals surface area contributed by atoms with E-state index in [0.29, 0.717) is 30.7 Å². The maximum Gasteiger partial charge on any atom is 0.407 e. The van der Waals surface area contributed by atoms with Gasteiger partial charge < -0.3 is 14.9 Å². The Morgan fingerprint density at radius 2 is 2.06 bits per heavy atom. The molecule has 0 bridgehead atoms. The van der Waals surface area contributed by atoms with Gasteiger partial charge in [-0.1, -0.05) is 0 Å². The highest BCUT2D eigenvalue weighted by molar-refractivity contribution is 9.10. The molecule has 0 aliphatic carbocycles. The molecule has 0 aromatic carbocycles. The Morgan fingerprint density at radius 3 is 2.59 bits per heavy atom. The number of aromatic nitrogens is 1. The third-order valence-corrected chi connectivity index (χ3v) is 3.07. The van der Waals surface area contributed by atoms with E-state index in [0.717, 1.165) is 0 Å². The maximum absolute atomic E-state index is 13.6. The van der Waals surface area contributed by atoms with Gasteiger partial charge in [0.1, 0.15) is 0 Å². The Balaban J connectivity index is 2.08. The summed E-state index contributed by atoms with van der Waals surface area (Å²) in [7, 11) is 0. The molecule has 1 amide bonds. The lowest BCUT2D eigenvalue weighted by atomic mass is 10.3. The van der Waals surface area contributed by atoms with Crippen molar-refractivity contribution in [1.29, 1.82) is 0 Å². The van der Waals surface area contributed by atoms with Crippen molar-refractivity contribution in [2.45, 2.75) is 0 Å². The van der Waals surface area contributed by atoms with Crippen LogP contribution in [0.3, 0.4) is 0 Å². The number of carboxylic acid groups (broad SMARTS) is 1. The summed E-state index contributed by atoms with van der Waals surface area (Å²) in [5.74, 6) is -0.124. The number of rotatable bonds is 1. The lowest BCUT2D eigenvalue weighted by Gasteiger charge is -2.33. The van der Waals surface area contributed by atoms with Crippen LogP contribution in [0.5, 0.6) is 0 Å². The number of halogens is 2. The van der Waals surface area contributed by atoms with Crippen LogP contribution in [0.15, 0.2) is 16.7 Å². The van der Waals surface area contributed by atoms with Crippen molar-refractivity contribution in [2.75, 3.05) is 31.1 Å². The first kappa shape index (κ1) is 12.1. The van der Waals surface area contributed by atoms with Gasteiger partial charge in [-0.05, 0) is 22.0 Å². The highest BCUT2D eigenvalue weighted by atomic mass is 79.9. The first-order valence-electron chi connectivity index (χ1n) is 5.12. The summed E-state index contributed by atoms with van der Waals surface area (Å²) in [6.45, 7) is 1.65. The molecule has 2 heterocycles. The summed E-state index contributed by atoms with van der Waals surface area (Å²) in [4.78, 5) is 17.8. The van der Waals surface area contributed by atoms with E-state index in [1.54, 1.807) is 4.90 Å². The lowest BCUT2D eigenvalue weighted by molar-refractivity contribution is 0.142. The van der Waals surface area contributed by atoms with Gasteiger partial charge in [0.05, 0.1) is 0 Å². The van der Waals surface area contributed by atoms with E-state index < -0.39 is 11.9 Å². The maximum atomic E-state index is 13.6. The molecule has 1 aliphatic heterocycles. The molecule has 1 N–H and O–H groups in total. The van der Waals surface area contributed by atoms with E-state index in [1.165, 1.54) is 17.2 Å². The fourth-order valence-electron chi connectivity index (χ4n) is 1.75. The van der Waals surface area contributed by atoms with Gasteiger partial charge in [0, 0.05) is 36.8 Å². The second-order valence-electron chi connectivity index (χ2n) is 3.72. The Morgan fingerprint density at radius 1 is 1.41 bits per heavy atom. The summed E-state index contributed by atoms with van der Waals surface area (Å²) in [5, 5.41) is 8.80. The molecule has 1 aromatic heterocycles. The van der Waals surface area contributed by atoms with Crippen molar-refractivity contribution in [3.05, 3.63) is 22.6 Å². The van der Waals surface area contributed by atoms with Gasteiger partial charge in [-0.2, -0.15) is 0 Å². The zero-order valence-electron chi connectivity index (χ0n) is 8.94. The summed E-state index contributed by atoms with van der Waals surface area (Å²) in [6.07, 6.45) is 0.594. The number of anilines is 1. The quantitative estimate of drug-likeness (QED) is 0.859. The molecule has 1 aliphatic rings. The number of piperazine rings is 1. The summed E-state index contributed by atoms with van der Waals surface area (Å²) in [6, 6.07) is 1.35. The van der Waals surface area contributed by atoms with Crippen molar-refractivity contribution in [2.24, 2.45) is 0 Å². The smallest absolute Gasteiger partial charge is 0.407 e. The number of nitrogens with zero attached hydrogens (tertiary/aromatic N) is 3. The van der Waals surface area contributed by atoms with Crippen LogP contribution < -0.4 is 4.90 Å². The Bertz CT molecular complexity index is 436. The Hall–Kier alpha value is -1.37. The molecule has 7 heteroatoms. The third kappa shape index (κ3) is 2.66. The molecule has 0 atom stereocenters. The minimum atomic E-state index is -0.936. The number of hydrogen-bond acceptors (Lipinski definition) is 3. The van der Waals surface area contributed by atoms with Crippen LogP contribution in [0.4, 0.5) is 15.0 Å². The molecule has 0 saturated carbocycles. The molecule has 5 nitrogen and oxygen atoms in total. The van der Waals surface area contributed by atoms with Gasteiger partial charge in [-0.3, -0.25) is 0 Å². The van der Waals surface area contributed by atoms with Gasteiger partial charge in [0.2, 0.25) is 0 Å². The predicted octanol–water partition coefficient (Wildman–Crippen LogP) is 1.78. The van der Waals surface area contributed by atoms with E-state index >= 15 is 0 Å².